The van der Waals surface area contributed by atoms with Crippen molar-refractivity contribution in [2.45, 2.75) is 70.1 Å². The summed E-state index contributed by atoms with van der Waals surface area (Å²) in [6, 6.07) is 1.28. The first-order valence-electron chi connectivity index (χ1n) is 11.1. The summed E-state index contributed by atoms with van der Waals surface area (Å²) in [5.41, 5.74) is -0.188. The Bertz CT molecular complexity index is 847. The van der Waals surface area contributed by atoms with Crippen LogP contribution in [0.2, 0.25) is 0 Å². The Balaban J connectivity index is 2.42. The number of carbonyl (C=O) groups is 1. The lowest BCUT2D eigenvalue weighted by molar-refractivity contribution is -0.232. The largest absolute Gasteiger partial charge is 0.507 e. The average Bonchev–Trinajstić information content (AvgIpc) is 2.78. The van der Waals surface area contributed by atoms with Gasteiger partial charge in [-0.25, -0.2) is 4.79 Å². The van der Waals surface area contributed by atoms with E-state index < -0.39 is 54.6 Å². The molecular weight excluding hydrogens is 432 g/mol. The Morgan fingerprint density at radius 2 is 1.73 bits per heavy atom. The minimum Gasteiger partial charge on any atom is -0.507 e. The van der Waals surface area contributed by atoms with Crippen molar-refractivity contribution >= 4 is 5.97 Å². The quantitative estimate of drug-likeness (QED) is 0.223. The zero-order chi connectivity index (χ0) is 24.5. The third-order valence-electron chi connectivity index (χ3n) is 5.48. The second-order valence-electron chi connectivity index (χ2n) is 7.85. The van der Waals surface area contributed by atoms with Crippen molar-refractivity contribution in [3.05, 3.63) is 47.1 Å². The molecule has 33 heavy (non-hydrogen) atoms. The lowest BCUT2D eigenvalue weighted by atomic mass is 9.87. The highest BCUT2D eigenvalue weighted by Gasteiger charge is 2.46. The van der Waals surface area contributed by atoms with Gasteiger partial charge in [0.15, 0.2) is 0 Å². The highest BCUT2D eigenvalue weighted by molar-refractivity contribution is 5.95. The molecule has 1 heterocycles. The van der Waals surface area contributed by atoms with Gasteiger partial charge in [0, 0.05) is 0 Å². The number of allylic oxidation sites excluding steroid dienone is 4. The fourth-order valence-electron chi connectivity index (χ4n) is 3.73. The molecule has 0 spiro atoms. The number of aliphatic hydroxyl groups excluding tert-OH is 4. The molecule has 0 radical (unpaired) electrons. The molecule has 2 rings (SSSR count). The summed E-state index contributed by atoms with van der Waals surface area (Å²) in [5, 5.41) is 61.5. The number of phenolic OH excluding ortho intramolecular Hbond substituents is 2. The molecule has 6 N–H and O–H groups in total. The van der Waals surface area contributed by atoms with E-state index in [0.29, 0.717) is 18.4 Å². The van der Waals surface area contributed by atoms with Gasteiger partial charge in [-0.2, -0.15) is 0 Å². The van der Waals surface area contributed by atoms with Crippen LogP contribution >= 0.6 is 0 Å². The van der Waals surface area contributed by atoms with E-state index in [4.69, 9.17) is 9.47 Å². The second-order valence-corrected chi connectivity index (χ2v) is 7.85. The van der Waals surface area contributed by atoms with Gasteiger partial charge in [0.05, 0.1) is 18.8 Å². The van der Waals surface area contributed by atoms with Gasteiger partial charge in [-0.1, -0.05) is 37.6 Å². The molecule has 1 aliphatic heterocycles. The third kappa shape index (κ3) is 6.33. The van der Waals surface area contributed by atoms with Crippen LogP contribution in [-0.4, -0.2) is 74.2 Å². The lowest BCUT2D eigenvalue weighted by Crippen LogP contribution is -2.55. The Labute approximate surface area is 193 Å². The van der Waals surface area contributed by atoms with E-state index in [2.05, 4.69) is 6.92 Å². The van der Waals surface area contributed by atoms with E-state index in [1.807, 2.05) is 24.3 Å². The van der Waals surface area contributed by atoms with Crippen molar-refractivity contribution in [1.82, 2.24) is 0 Å². The Kier molecular flexibility index (Phi) is 10.3. The van der Waals surface area contributed by atoms with Crippen LogP contribution in [0.1, 0.15) is 60.7 Å². The number of esters is 1. The van der Waals surface area contributed by atoms with Crippen LogP contribution in [0.25, 0.3) is 0 Å². The number of aliphatic hydroxyl groups is 4. The van der Waals surface area contributed by atoms with E-state index in [1.165, 1.54) is 6.07 Å². The molecule has 1 aliphatic rings. The molecule has 1 aromatic rings. The maximum Gasteiger partial charge on any atom is 0.342 e. The summed E-state index contributed by atoms with van der Waals surface area (Å²) >= 11 is 0. The van der Waals surface area contributed by atoms with E-state index in [-0.39, 0.29) is 17.7 Å². The maximum atomic E-state index is 12.6. The number of hydrogen-bond donors (Lipinski definition) is 6. The van der Waals surface area contributed by atoms with Crippen LogP contribution in [-0.2, 0) is 15.9 Å². The van der Waals surface area contributed by atoms with Gasteiger partial charge in [-0.3, -0.25) is 0 Å². The number of ether oxygens (including phenoxy) is 2. The highest BCUT2D eigenvalue weighted by atomic mass is 16.5. The number of phenols is 2. The summed E-state index contributed by atoms with van der Waals surface area (Å²) < 4.78 is 10.5. The molecule has 9 nitrogen and oxygen atoms in total. The van der Waals surface area contributed by atoms with Crippen molar-refractivity contribution < 1.29 is 44.9 Å². The van der Waals surface area contributed by atoms with E-state index in [1.54, 1.807) is 6.92 Å². The average molecular weight is 467 g/mol. The highest BCUT2D eigenvalue weighted by Crippen LogP contribution is 2.44. The molecule has 0 aromatic heterocycles. The van der Waals surface area contributed by atoms with Gasteiger partial charge in [0.1, 0.15) is 47.6 Å². The third-order valence-corrected chi connectivity index (χ3v) is 5.48. The van der Waals surface area contributed by atoms with Crippen molar-refractivity contribution in [3.8, 4) is 11.5 Å². The van der Waals surface area contributed by atoms with Crippen molar-refractivity contribution in [3.63, 3.8) is 0 Å². The normalized spacial score (nSPS) is 25.7. The second kappa shape index (κ2) is 12.7. The molecule has 1 aromatic carbocycles. The van der Waals surface area contributed by atoms with Crippen molar-refractivity contribution in [2.24, 2.45) is 0 Å². The SMILES string of the molecule is CCC/C=C\C=C/CCc1cc(O)c([C@@H]2O[C@H](CO)[C@@H](O)[C@H](O)[C@@H]2O)c(O)c1C(=O)OCC. The molecule has 0 saturated carbocycles. The Hall–Kier alpha value is -2.43. The number of carbonyl (C=O) groups excluding carboxylic acids is 1. The number of rotatable bonds is 10. The summed E-state index contributed by atoms with van der Waals surface area (Å²) in [4.78, 5) is 12.6. The van der Waals surface area contributed by atoms with Gasteiger partial charge in [0.2, 0.25) is 0 Å². The topological polar surface area (TPSA) is 157 Å². The van der Waals surface area contributed by atoms with Crippen LogP contribution in [0, 0.1) is 0 Å². The number of benzene rings is 1. The van der Waals surface area contributed by atoms with Crippen LogP contribution in [0.5, 0.6) is 11.5 Å². The number of hydrogen-bond acceptors (Lipinski definition) is 9. The van der Waals surface area contributed by atoms with Gasteiger partial charge < -0.3 is 40.1 Å². The van der Waals surface area contributed by atoms with E-state index in [0.717, 1.165) is 12.8 Å². The molecule has 0 bridgehead atoms. The molecule has 0 amide bonds. The molecule has 184 valence electrons. The zero-order valence-corrected chi connectivity index (χ0v) is 18.9. The minimum atomic E-state index is -1.74. The van der Waals surface area contributed by atoms with Gasteiger partial charge in [-0.05, 0) is 37.8 Å². The smallest absolute Gasteiger partial charge is 0.342 e. The lowest BCUT2D eigenvalue weighted by Gasteiger charge is -2.40. The number of unbranched alkanes of at least 4 members (excludes halogenated alkanes) is 1. The molecule has 1 saturated heterocycles. The molecule has 0 unspecified atom stereocenters. The summed E-state index contributed by atoms with van der Waals surface area (Å²) in [6.45, 7) is 3.07. The van der Waals surface area contributed by atoms with Crippen molar-refractivity contribution in [2.75, 3.05) is 13.2 Å². The predicted octanol–water partition coefficient (Wildman–Crippen LogP) is 1.63. The minimum absolute atomic E-state index is 0.0517. The van der Waals surface area contributed by atoms with E-state index in [9.17, 15) is 35.4 Å². The van der Waals surface area contributed by atoms with Gasteiger partial charge >= 0.3 is 5.97 Å². The standard InChI is InChI=1S/C24H34O9/c1-3-5-6-7-8-9-10-11-14-12-15(26)18(20(28)17(14)24(31)32-4-2)23-22(30)21(29)19(27)16(13-25)33-23/h6-9,12,16,19,21-23,25-30H,3-5,10-11,13H2,1-2H3/b7-6-,9-8-/t16-,19-,21+,22+,23+/m1/s1. The molecular formula is C24H34O9. The van der Waals surface area contributed by atoms with Crippen LogP contribution in [0.4, 0.5) is 0 Å². The monoisotopic (exact) mass is 466 g/mol. The first-order chi connectivity index (χ1) is 15.8. The van der Waals surface area contributed by atoms with Crippen LogP contribution in [0.15, 0.2) is 30.4 Å². The summed E-state index contributed by atoms with van der Waals surface area (Å²) in [7, 11) is 0. The molecule has 5 atom stereocenters. The zero-order valence-electron chi connectivity index (χ0n) is 18.9. The fraction of sp³-hybridized carbons (Fsp3) is 0.542. The van der Waals surface area contributed by atoms with Crippen molar-refractivity contribution in [1.29, 1.82) is 0 Å². The van der Waals surface area contributed by atoms with Crippen LogP contribution < -0.4 is 0 Å². The maximum absolute atomic E-state index is 12.6. The first-order valence-corrected chi connectivity index (χ1v) is 11.1. The van der Waals surface area contributed by atoms with E-state index >= 15 is 0 Å². The fourth-order valence-corrected chi connectivity index (χ4v) is 3.73. The number of aromatic hydroxyl groups is 2. The number of aryl methyl sites for hydroxylation is 1. The van der Waals surface area contributed by atoms with Gasteiger partial charge in [0.25, 0.3) is 0 Å². The Morgan fingerprint density at radius 3 is 2.33 bits per heavy atom. The summed E-state index contributed by atoms with van der Waals surface area (Å²) in [6.07, 6.45) is 2.76. The Morgan fingerprint density at radius 1 is 1.06 bits per heavy atom. The molecule has 0 aliphatic carbocycles. The molecule has 9 heteroatoms. The summed E-state index contributed by atoms with van der Waals surface area (Å²) in [5.74, 6) is -1.94. The first kappa shape index (κ1) is 26.8. The predicted molar refractivity (Wildman–Crippen MR) is 120 cm³/mol. The molecule has 1 fully saturated rings. The van der Waals surface area contributed by atoms with Gasteiger partial charge in [-0.15, -0.1) is 0 Å². The van der Waals surface area contributed by atoms with Crippen LogP contribution in [0.3, 0.4) is 0 Å².